The lowest BCUT2D eigenvalue weighted by molar-refractivity contribution is -0.127. The highest BCUT2D eigenvalue weighted by Gasteiger charge is 2.15. The number of thioether (sulfide) groups is 1. The Morgan fingerprint density at radius 3 is 2.83 bits per heavy atom. The molecule has 0 atom stereocenters. The number of nitrogens with zero attached hydrogens (tertiary/aromatic N) is 3. The molecule has 0 aliphatic carbocycles. The molecule has 1 aliphatic rings. The minimum atomic E-state index is 0.182. The van der Waals surface area contributed by atoms with Crippen LogP contribution in [0.1, 0.15) is 0 Å². The van der Waals surface area contributed by atoms with Gasteiger partial charge in [0.15, 0.2) is 0 Å². The maximum Gasteiger partial charge on any atom is 0.232 e. The highest BCUT2D eigenvalue weighted by atomic mass is 32.2. The molecule has 1 fully saturated rings. The Kier molecular flexibility index (Phi) is 5.81. The number of hydrogen-bond acceptors (Lipinski definition) is 4. The fourth-order valence-corrected chi connectivity index (χ4v) is 3.97. The fourth-order valence-electron chi connectivity index (χ4n) is 2.91. The molecular weight excluding hydrogens is 322 g/mol. The first kappa shape index (κ1) is 17.3. The van der Waals surface area contributed by atoms with Crippen LogP contribution in [0.25, 0.3) is 10.9 Å². The predicted molar refractivity (Wildman–Crippen MR) is 98.5 cm³/mol. The average molecular weight is 347 g/mol. The first-order chi connectivity index (χ1) is 11.6. The average Bonchev–Trinajstić information content (AvgIpc) is 2.95. The van der Waals surface area contributed by atoms with Crippen molar-refractivity contribution in [2.45, 2.75) is 4.90 Å². The van der Waals surface area contributed by atoms with Crippen LogP contribution in [0.15, 0.2) is 35.4 Å². The van der Waals surface area contributed by atoms with Gasteiger partial charge in [-0.1, -0.05) is 18.2 Å². The van der Waals surface area contributed by atoms with Gasteiger partial charge in [0.2, 0.25) is 5.91 Å². The van der Waals surface area contributed by atoms with Crippen LogP contribution < -0.4 is 0 Å². The lowest BCUT2D eigenvalue weighted by Crippen LogP contribution is -2.42. The Hall–Kier alpha value is -1.50. The molecule has 0 radical (unpaired) electrons. The van der Waals surface area contributed by atoms with E-state index in [1.54, 1.807) is 11.8 Å². The van der Waals surface area contributed by atoms with E-state index in [-0.39, 0.29) is 5.91 Å². The van der Waals surface area contributed by atoms with Crippen molar-refractivity contribution in [3.05, 3.63) is 30.5 Å². The van der Waals surface area contributed by atoms with Gasteiger partial charge in [0.05, 0.1) is 19.0 Å². The van der Waals surface area contributed by atoms with Gasteiger partial charge in [0.1, 0.15) is 0 Å². The maximum atomic E-state index is 12.4. The minimum absolute atomic E-state index is 0.182. The first-order valence-corrected chi connectivity index (χ1v) is 9.34. The second kappa shape index (κ2) is 8.05. The largest absolute Gasteiger partial charge is 0.379 e. The zero-order valence-corrected chi connectivity index (χ0v) is 15.2. The second-order valence-corrected chi connectivity index (χ2v) is 7.20. The van der Waals surface area contributed by atoms with Crippen LogP contribution in [0.3, 0.4) is 0 Å². The Morgan fingerprint density at radius 2 is 2.04 bits per heavy atom. The summed E-state index contributed by atoms with van der Waals surface area (Å²) in [5, 5.41) is 1.22. The minimum Gasteiger partial charge on any atom is -0.379 e. The molecule has 0 unspecified atom stereocenters. The van der Waals surface area contributed by atoms with Crippen LogP contribution in [-0.4, -0.2) is 72.5 Å². The molecule has 1 aliphatic heterocycles. The van der Waals surface area contributed by atoms with E-state index in [4.69, 9.17) is 4.74 Å². The zero-order valence-electron chi connectivity index (χ0n) is 14.4. The van der Waals surface area contributed by atoms with Crippen LogP contribution in [-0.2, 0) is 16.6 Å². The lowest BCUT2D eigenvalue weighted by atomic mass is 10.2. The van der Waals surface area contributed by atoms with Crippen molar-refractivity contribution in [2.75, 3.05) is 52.2 Å². The topological polar surface area (TPSA) is 37.7 Å². The highest BCUT2D eigenvalue weighted by molar-refractivity contribution is 8.00. The number of morpholine rings is 1. The molecule has 24 heavy (non-hydrogen) atoms. The molecule has 1 saturated heterocycles. The Labute approximate surface area is 147 Å². The van der Waals surface area contributed by atoms with Crippen LogP contribution in [0.4, 0.5) is 0 Å². The fraction of sp³-hybridized carbons (Fsp3) is 0.500. The van der Waals surface area contributed by atoms with Crippen LogP contribution in [0.5, 0.6) is 0 Å². The third kappa shape index (κ3) is 4.12. The molecular formula is C18H25N3O2S. The predicted octanol–water partition coefficient (Wildman–Crippen LogP) is 2.06. The van der Waals surface area contributed by atoms with E-state index in [2.05, 4.69) is 27.8 Å². The summed E-state index contributed by atoms with van der Waals surface area (Å²) in [5.74, 6) is 0.661. The van der Waals surface area contributed by atoms with E-state index in [9.17, 15) is 4.79 Å². The molecule has 0 N–H and O–H groups in total. The highest BCUT2D eigenvalue weighted by Crippen LogP contribution is 2.29. The van der Waals surface area contributed by atoms with Crippen molar-refractivity contribution >= 4 is 28.6 Å². The third-order valence-electron chi connectivity index (χ3n) is 4.49. The SMILES string of the molecule is CN(CCN1CCOCC1)C(=O)CSc1cn(C)c2ccccc12. The van der Waals surface area contributed by atoms with Gasteiger partial charge in [-0.15, -0.1) is 11.8 Å². The number of fused-ring (bicyclic) bond motifs is 1. The molecule has 1 aromatic heterocycles. The van der Waals surface area contributed by atoms with Crippen molar-refractivity contribution < 1.29 is 9.53 Å². The van der Waals surface area contributed by atoms with E-state index >= 15 is 0 Å². The molecule has 6 heteroatoms. The molecule has 0 bridgehead atoms. The number of para-hydroxylation sites is 1. The Morgan fingerprint density at radius 1 is 1.29 bits per heavy atom. The molecule has 130 valence electrons. The third-order valence-corrected chi connectivity index (χ3v) is 5.52. The van der Waals surface area contributed by atoms with Gasteiger partial charge in [0, 0.05) is 62.3 Å². The van der Waals surface area contributed by atoms with E-state index < -0.39 is 0 Å². The van der Waals surface area contributed by atoms with E-state index in [1.165, 1.54) is 15.8 Å². The molecule has 0 spiro atoms. The molecule has 5 nitrogen and oxygen atoms in total. The number of carbonyl (C=O) groups excluding carboxylic acids is 1. The summed E-state index contributed by atoms with van der Waals surface area (Å²) in [5.41, 5.74) is 1.20. The number of likely N-dealkylation sites (N-methyl/N-ethyl adjacent to an activating group) is 1. The van der Waals surface area contributed by atoms with E-state index in [1.807, 2.05) is 31.1 Å². The van der Waals surface area contributed by atoms with Crippen molar-refractivity contribution in [3.8, 4) is 0 Å². The van der Waals surface area contributed by atoms with Gasteiger partial charge in [-0.2, -0.15) is 0 Å². The number of benzene rings is 1. The summed E-state index contributed by atoms with van der Waals surface area (Å²) >= 11 is 1.62. The van der Waals surface area contributed by atoms with Gasteiger partial charge in [-0.25, -0.2) is 0 Å². The lowest BCUT2D eigenvalue weighted by Gasteiger charge is -2.28. The molecule has 1 amide bonds. The second-order valence-electron chi connectivity index (χ2n) is 6.18. The molecule has 2 aromatic rings. The number of aromatic nitrogens is 1. The van der Waals surface area contributed by atoms with E-state index in [0.717, 1.165) is 39.4 Å². The normalized spacial score (nSPS) is 15.8. The van der Waals surface area contributed by atoms with Crippen molar-refractivity contribution in [1.82, 2.24) is 14.4 Å². The smallest absolute Gasteiger partial charge is 0.232 e. The summed E-state index contributed by atoms with van der Waals surface area (Å²) in [7, 11) is 3.94. The maximum absolute atomic E-state index is 12.4. The van der Waals surface area contributed by atoms with Gasteiger partial charge >= 0.3 is 0 Å². The van der Waals surface area contributed by atoms with Crippen LogP contribution in [0.2, 0.25) is 0 Å². The standard InChI is InChI=1S/C18H25N3O2S/c1-19(7-8-21-9-11-23-12-10-21)18(22)14-24-17-13-20(2)16-6-4-3-5-15(16)17/h3-6,13H,7-12,14H2,1-2H3. The number of hydrogen-bond donors (Lipinski definition) is 0. The Bertz CT molecular complexity index is 695. The molecule has 2 heterocycles. The summed E-state index contributed by atoms with van der Waals surface area (Å²) in [6, 6.07) is 8.31. The quantitative estimate of drug-likeness (QED) is 0.750. The first-order valence-electron chi connectivity index (χ1n) is 8.36. The number of rotatable bonds is 6. The van der Waals surface area contributed by atoms with Gasteiger partial charge in [-0.05, 0) is 6.07 Å². The molecule has 3 rings (SSSR count). The van der Waals surface area contributed by atoms with Gasteiger partial charge in [-0.3, -0.25) is 9.69 Å². The van der Waals surface area contributed by atoms with Crippen molar-refractivity contribution in [3.63, 3.8) is 0 Å². The Balaban J connectivity index is 1.50. The van der Waals surface area contributed by atoms with Gasteiger partial charge in [0.25, 0.3) is 0 Å². The monoisotopic (exact) mass is 347 g/mol. The van der Waals surface area contributed by atoms with E-state index in [0.29, 0.717) is 5.75 Å². The summed E-state index contributed by atoms with van der Waals surface area (Å²) in [4.78, 5) is 17.7. The van der Waals surface area contributed by atoms with Crippen LogP contribution >= 0.6 is 11.8 Å². The van der Waals surface area contributed by atoms with Crippen molar-refractivity contribution in [1.29, 1.82) is 0 Å². The van der Waals surface area contributed by atoms with Gasteiger partial charge < -0.3 is 14.2 Å². The number of aryl methyl sites for hydroxylation is 1. The zero-order chi connectivity index (χ0) is 16.9. The summed E-state index contributed by atoms with van der Waals surface area (Å²) in [6.07, 6.45) is 2.11. The number of carbonyl (C=O) groups is 1. The summed E-state index contributed by atoms with van der Waals surface area (Å²) in [6.45, 7) is 5.22. The summed E-state index contributed by atoms with van der Waals surface area (Å²) < 4.78 is 7.47. The number of ether oxygens (including phenoxy) is 1. The van der Waals surface area contributed by atoms with Crippen LogP contribution in [0, 0.1) is 0 Å². The van der Waals surface area contributed by atoms with Crippen molar-refractivity contribution in [2.24, 2.45) is 7.05 Å². The number of amides is 1. The molecule has 1 aromatic carbocycles. The molecule has 0 saturated carbocycles.